The third-order valence-corrected chi connectivity index (χ3v) is 3.79. The first-order valence-electron chi connectivity index (χ1n) is 8.38. The van der Waals surface area contributed by atoms with Crippen molar-refractivity contribution in [1.82, 2.24) is 14.7 Å². The Hall–Kier alpha value is -1.89. The minimum absolute atomic E-state index is 0.207. The molecule has 0 aromatic carbocycles. The van der Waals surface area contributed by atoms with Crippen LogP contribution < -0.4 is 0 Å². The highest BCUT2D eigenvalue weighted by molar-refractivity contribution is 5.88. The molecular formula is C17H27N3O4. The number of rotatable bonds is 5. The van der Waals surface area contributed by atoms with E-state index in [0.717, 1.165) is 24.9 Å². The Bertz CT molecular complexity index is 603. The molecule has 2 heterocycles. The van der Waals surface area contributed by atoms with Gasteiger partial charge in [-0.05, 0) is 47.1 Å². The highest BCUT2D eigenvalue weighted by Crippen LogP contribution is 2.24. The van der Waals surface area contributed by atoms with Crippen LogP contribution in [0.25, 0.3) is 0 Å². The summed E-state index contributed by atoms with van der Waals surface area (Å²) >= 11 is 0. The fourth-order valence-electron chi connectivity index (χ4n) is 2.90. The van der Waals surface area contributed by atoms with Gasteiger partial charge < -0.3 is 9.47 Å². The van der Waals surface area contributed by atoms with Gasteiger partial charge in [0.2, 0.25) is 0 Å². The van der Waals surface area contributed by atoms with Crippen LogP contribution in [0.4, 0.5) is 0 Å². The zero-order valence-corrected chi connectivity index (χ0v) is 15.2. The quantitative estimate of drug-likeness (QED) is 0.764. The molecule has 1 aliphatic heterocycles. The largest absolute Gasteiger partial charge is 0.461 e. The van der Waals surface area contributed by atoms with Crippen molar-refractivity contribution >= 4 is 11.9 Å². The predicted molar refractivity (Wildman–Crippen MR) is 88.4 cm³/mol. The van der Waals surface area contributed by atoms with Crippen molar-refractivity contribution in [1.29, 1.82) is 0 Å². The summed E-state index contributed by atoms with van der Waals surface area (Å²) in [6, 6.07) is -0.278. The van der Waals surface area contributed by atoms with Gasteiger partial charge in [-0.2, -0.15) is 5.10 Å². The standard InChI is InChI=1S/C17H27N3O4/c1-6-23-16(22)14-12(10-19(5)18-14)11-20-9-7-8-13(20)15(21)24-17(2,3)4/h10,13H,6-9,11H2,1-5H3/t13-/m1/s1. The topological polar surface area (TPSA) is 73.7 Å². The second-order valence-electron chi connectivity index (χ2n) is 7.06. The Morgan fingerprint density at radius 1 is 1.38 bits per heavy atom. The molecule has 0 aliphatic carbocycles. The highest BCUT2D eigenvalue weighted by Gasteiger charge is 2.35. The fraction of sp³-hybridized carbons (Fsp3) is 0.706. The third kappa shape index (κ3) is 4.56. The van der Waals surface area contributed by atoms with E-state index in [1.54, 1.807) is 24.9 Å². The summed E-state index contributed by atoms with van der Waals surface area (Å²) < 4.78 is 12.2. The number of nitrogens with zero attached hydrogens (tertiary/aromatic N) is 3. The number of esters is 2. The number of hydrogen-bond donors (Lipinski definition) is 0. The summed E-state index contributed by atoms with van der Waals surface area (Å²) in [6.07, 6.45) is 3.50. The van der Waals surface area contributed by atoms with Crippen LogP contribution >= 0.6 is 0 Å². The molecule has 24 heavy (non-hydrogen) atoms. The van der Waals surface area contributed by atoms with Gasteiger partial charge >= 0.3 is 11.9 Å². The molecule has 1 saturated heterocycles. The number of carbonyl (C=O) groups is 2. The molecule has 0 amide bonds. The first-order valence-corrected chi connectivity index (χ1v) is 8.38. The molecule has 0 spiro atoms. The highest BCUT2D eigenvalue weighted by atomic mass is 16.6. The zero-order valence-electron chi connectivity index (χ0n) is 15.2. The van der Waals surface area contributed by atoms with Gasteiger partial charge in [-0.25, -0.2) is 4.79 Å². The second kappa shape index (κ2) is 7.34. The molecule has 0 saturated carbocycles. The summed E-state index contributed by atoms with van der Waals surface area (Å²) in [6.45, 7) is 8.93. The number of carbonyl (C=O) groups excluding carboxylic acids is 2. The average molecular weight is 337 g/mol. The van der Waals surface area contributed by atoms with Gasteiger partial charge in [-0.15, -0.1) is 0 Å². The molecule has 134 valence electrons. The smallest absolute Gasteiger partial charge is 0.359 e. The van der Waals surface area contributed by atoms with Gasteiger partial charge in [0.1, 0.15) is 11.6 Å². The van der Waals surface area contributed by atoms with Crippen molar-refractivity contribution in [3.63, 3.8) is 0 Å². The Balaban J connectivity index is 2.12. The van der Waals surface area contributed by atoms with Gasteiger partial charge in [0.25, 0.3) is 0 Å². The lowest BCUT2D eigenvalue weighted by Gasteiger charge is -2.27. The van der Waals surface area contributed by atoms with Crippen molar-refractivity contribution < 1.29 is 19.1 Å². The zero-order chi connectivity index (χ0) is 17.9. The van der Waals surface area contributed by atoms with Gasteiger partial charge in [0.15, 0.2) is 5.69 Å². The van der Waals surface area contributed by atoms with Gasteiger partial charge in [-0.1, -0.05) is 0 Å². The van der Waals surface area contributed by atoms with Crippen molar-refractivity contribution in [2.24, 2.45) is 7.05 Å². The van der Waals surface area contributed by atoms with Crippen LogP contribution in [-0.4, -0.2) is 51.4 Å². The number of aromatic nitrogens is 2. The van der Waals surface area contributed by atoms with E-state index in [1.807, 2.05) is 25.7 Å². The van der Waals surface area contributed by atoms with E-state index in [0.29, 0.717) is 18.8 Å². The van der Waals surface area contributed by atoms with Crippen LogP contribution in [0.1, 0.15) is 56.6 Å². The Morgan fingerprint density at radius 2 is 2.08 bits per heavy atom. The number of hydrogen-bond acceptors (Lipinski definition) is 6. The molecule has 7 heteroatoms. The van der Waals surface area contributed by atoms with Crippen LogP contribution in [0.15, 0.2) is 6.20 Å². The van der Waals surface area contributed by atoms with Crippen LogP contribution in [0.2, 0.25) is 0 Å². The lowest BCUT2D eigenvalue weighted by atomic mass is 10.1. The van der Waals surface area contributed by atoms with E-state index in [-0.39, 0.29) is 12.0 Å². The van der Waals surface area contributed by atoms with Crippen LogP contribution in [0.3, 0.4) is 0 Å². The van der Waals surface area contributed by atoms with E-state index in [4.69, 9.17) is 9.47 Å². The summed E-state index contributed by atoms with van der Waals surface area (Å²) in [5, 5.41) is 4.20. The maximum atomic E-state index is 12.4. The van der Waals surface area contributed by atoms with E-state index in [2.05, 4.69) is 5.10 Å². The minimum atomic E-state index is -0.504. The first kappa shape index (κ1) is 18.4. The van der Waals surface area contributed by atoms with Crippen molar-refractivity contribution in [2.75, 3.05) is 13.2 Å². The maximum Gasteiger partial charge on any atom is 0.359 e. The van der Waals surface area contributed by atoms with E-state index in [1.165, 1.54) is 0 Å². The van der Waals surface area contributed by atoms with Crippen LogP contribution in [-0.2, 0) is 27.9 Å². The van der Waals surface area contributed by atoms with E-state index >= 15 is 0 Å². The summed E-state index contributed by atoms with van der Waals surface area (Å²) in [4.78, 5) is 26.5. The normalized spacial score (nSPS) is 18.6. The molecular weight excluding hydrogens is 310 g/mol. The lowest BCUT2D eigenvalue weighted by molar-refractivity contribution is -0.160. The number of ether oxygens (including phenoxy) is 2. The molecule has 1 fully saturated rings. The molecule has 0 unspecified atom stereocenters. The second-order valence-corrected chi connectivity index (χ2v) is 7.06. The van der Waals surface area contributed by atoms with Crippen molar-refractivity contribution in [3.8, 4) is 0 Å². The fourth-order valence-corrected chi connectivity index (χ4v) is 2.90. The van der Waals surface area contributed by atoms with Crippen molar-refractivity contribution in [3.05, 3.63) is 17.5 Å². The summed E-state index contributed by atoms with van der Waals surface area (Å²) in [5.41, 5.74) is 0.580. The first-order chi connectivity index (χ1) is 11.2. The van der Waals surface area contributed by atoms with Crippen LogP contribution in [0.5, 0.6) is 0 Å². The summed E-state index contributed by atoms with van der Waals surface area (Å²) in [7, 11) is 1.77. The molecule has 2 rings (SSSR count). The molecule has 7 nitrogen and oxygen atoms in total. The average Bonchev–Trinajstić information content (AvgIpc) is 3.04. The molecule has 1 aromatic rings. The molecule has 1 atom stereocenters. The Kier molecular flexibility index (Phi) is 5.64. The number of likely N-dealkylation sites (tertiary alicyclic amines) is 1. The van der Waals surface area contributed by atoms with Gasteiger partial charge in [0.05, 0.1) is 6.61 Å². The van der Waals surface area contributed by atoms with Gasteiger partial charge in [0, 0.05) is 25.4 Å². The maximum absolute atomic E-state index is 12.4. The summed E-state index contributed by atoms with van der Waals surface area (Å²) in [5.74, 6) is -0.636. The van der Waals surface area contributed by atoms with E-state index < -0.39 is 11.6 Å². The molecule has 1 aromatic heterocycles. The molecule has 1 aliphatic rings. The Morgan fingerprint density at radius 3 is 2.71 bits per heavy atom. The monoisotopic (exact) mass is 337 g/mol. The van der Waals surface area contributed by atoms with Crippen molar-refractivity contribution in [2.45, 2.75) is 58.7 Å². The predicted octanol–water partition coefficient (Wildman–Crippen LogP) is 1.90. The SMILES string of the molecule is CCOC(=O)c1nn(C)cc1CN1CCC[C@@H]1C(=O)OC(C)(C)C. The Labute approximate surface area is 142 Å². The number of aryl methyl sites for hydroxylation is 1. The molecule has 0 radical (unpaired) electrons. The minimum Gasteiger partial charge on any atom is -0.461 e. The van der Waals surface area contributed by atoms with Gasteiger partial charge in [-0.3, -0.25) is 14.4 Å². The molecule has 0 bridgehead atoms. The third-order valence-electron chi connectivity index (χ3n) is 3.79. The van der Waals surface area contributed by atoms with E-state index in [9.17, 15) is 9.59 Å². The molecule has 0 N–H and O–H groups in total. The lowest BCUT2D eigenvalue weighted by Crippen LogP contribution is -2.40. The van der Waals surface area contributed by atoms with Crippen LogP contribution in [0, 0.1) is 0 Å².